The minimum absolute atomic E-state index is 0.130. The van der Waals surface area contributed by atoms with E-state index in [9.17, 15) is 9.90 Å². The lowest BCUT2D eigenvalue weighted by atomic mass is 10.1. The van der Waals surface area contributed by atoms with Gasteiger partial charge < -0.3 is 9.84 Å². The van der Waals surface area contributed by atoms with Gasteiger partial charge >= 0.3 is 5.97 Å². The minimum atomic E-state index is -0.693. The Balaban J connectivity index is 2.54. The summed E-state index contributed by atoms with van der Waals surface area (Å²) >= 11 is 6.05. The van der Waals surface area contributed by atoms with Crippen molar-refractivity contribution in [1.82, 2.24) is 4.98 Å². The lowest BCUT2D eigenvalue weighted by Crippen LogP contribution is -2.05. The lowest BCUT2D eigenvalue weighted by molar-refractivity contribution is 0.0590. The highest BCUT2D eigenvalue weighted by atomic mass is 35.5. The smallest absolute Gasteiger partial charge is 0.360 e. The summed E-state index contributed by atoms with van der Waals surface area (Å²) in [5, 5.41) is 10.1. The van der Waals surface area contributed by atoms with Gasteiger partial charge in [-0.1, -0.05) is 29.8 Å². The van der Waals surface area contributed by atoms with Gasteiger partial charge in [-0.05, 0) is 18.2 Å². The Morgan fingerprint density at radius 2 is 2.00 bits per heavy atom. The number of ether oxygens (including phenoxy) is 1. The Morgan fingerprint density at radius 1 is 1.28 bits per heavy atom. The van der Waals surface area contributed by atoms with E-state index < -0.39 is 5.97 Å². The minimum Gasteiger partial charge on any atom is -0.505 e. The number of methoxy groups -OCH3 is 1. The van der Waals surface area contributed by atoms with Gasteiger partial charge in [-0.15, -0.1) is 0 Å². The number of nitrogens with zero attached hydrogens (tertiary/aromatic N) is 1. The van der Waals surface area contributed by atoms with Crippen molar-refractivity contribution in [2.45, 2.75) is 0 Å². The Kier molecular flexibility index (Phi) is 3.48. The predicted octanol–water partition coefficient (Wildman–Crippen LogP) is 2.89. The zero-order chi connectivity index (χ0) is 13.1. The van der Waals surface area contributed by atoms with Gasteiger partial charge in [0.25, 0.3) is 0 Å². The molecule has 0 unspecified atom stereocenters. The molecule has 0 radical (unpaired) electrons. The van der Waals surface area contributed by atoms with Gasteiger partial charge in [-0.3, -0.25) is 0 Å². The van der Waals surface area contributed by atoms with E-state index in [2.05, 4.69) is 9.72 Å². The van der Waals surface area contributed by atoms with E-state index in [0.29, 0.717) is 16.3 Å². The van der Waals surface area contributed by atoms with E-state index >= 15 is 0 Å². The molecule has 92 valence electrons. The van der Waals surface area contributed by atoms with Gasteiger partial charge in [0.15, 0.2) is 5.69 Å². The molecule has 1 N–H and O–H groups in total. The Bertz CT molecular complexity index is 599. The number of rotatable bonds is 2. The summed E-state index contributed by atoms with van der Waals surface area (Å²) in [4.78, 5) is 15.5. The molecule has 1 aromatic heterocycles. The number of esters is 1. The predicted molar refractivity (Wildman–Crippen MR) is 67.7 cm³/mol. The molecule has 18 heavy (non-hydrogen) atoms. The molecule has 2 aromatic rings. The summed E-state index contributed by atoms with van der Waals surface area (Å²) in [6.07, 6.45) is 0. The second-order valence-corrected chi connectivity index (χ2v) is 3.94. The number of carbonyl (C=O) groups excluding carboxylic acids is 1. The maximum absolute atomic E-state index is 11.4. The zero-order valence-electron chi connectivity index (χ0n) is 9.55. The third-order valence-corrected chi connectivity index (χ3v) is 2.73. The standard InChI is InChI=1S/C13H10ClNO3/c1-18-13(17)12-11(16)7-6-10(15-12)8-4-2-3-5-9(8)14/h2-7,16H,1H3. The molecule has 0 aliphatic carbocycles. The third-order valence-electron chi connectivity index (χ3n) is 2.40. The number of carbonyl (C=O) groups is 1. The largest absolute Gasteiger partial charge is 0.505 e. The van der Waals surface area contributed by atoms with Crippen molar-refractivity contribution in [1.29, 1.82) is 0 Å². The first-order valence-corrected chi connectivity index (χ1v) is 5.54. The van der Waals surface area contributed by atoms with E-state index in [1.165, 1.54) is 13.2 Å². The van der Waals surface area contributed by atoms with Crippen LogP contribution in [0.3, 0.4) is 0 Å². The molecule has 0 aliphatic rings. The molecule has 0 aliphatic heterocycles. The van der Waals surface area contributed by atoms with E-state index in [0.717, 1.165) is 0 Å². The van der Waals surface area contributed by atoms with Gasteiger partial charge in [0.2, 0.25) is 0 Å². The first kappa shape index (κ1) is 12.4. The van der Waals surface area contributed by atoms with Crippen LogP contribution in [0.15, 0.2) is 36.4 Å². The lowest BCUT2D eigenvalue weighted by Gasteiger charge is -2.06. The molecule has 4 nitrogen and oxygen atoms in total. The average Bonchev–Trinajstić information content (AvgIpc) is 2.39. The summed E-state index contributed by atoms with van der Waals surface area (Å²) < 4.78 is 4.54. The summed E-state index contributed by atoms with van der Waals surface area (Å²) in [5.74, 6) is -0.918. The maximum atomic E-state index is 11.4. The fraction of sp³-hybridized carbons (Fsp3) is 0.0769. The van der Waals surface area contributed by atoms with E-state index in [1.54, 1.807) is 24.3 Å². The second kappa shape index (κ2) is 5.06. The van der Waals surface area contributed by atoms with Crippen LogP contribution in [0.5, 0.6) is 5.75 Å². The number of hydrogen-bond acceptors (Lipinski definition) is 4. The van der Waals surface area contributed by atoms with Crippen LogP contribution in [0, 0.1) is 0 Å². The molecule has 0 amide bonds. The zero-order valence-corrected chi connectivity index (χ0v) is 10.3. The normalized spacial score (nSPS) is 10.1. The van der Waals surface area contributed by atoms with Gasteiger partial charge in [0.05, 0.1) is 12.8 Å². The highest BCUT2D eigenvalue weighted by Gasteiger charge is 2.15. The van der Waals surface area contributed by atoms with Crippen LogP contribution in [0.1, 0.15) is 10.5 Å². The number of halogens is 1. The fourth-order valence-corrected chi connectivity index (χ4v) is 1.75. The number of pyridine rings is 1. The summed E-state index contributed by atoms with van der Waals surface area (Å²) in [6.45, 7) is 0. The molecule has 5 heteroatoms. The molecule has 1 heterocycles. The van der Waals surface area contributed by atoms with Crippen LogP contribution in [0.4, 0.5) is 0 Å². The van der Waals surface area contributed by atoms with Crippen molar-refractivity contribution in [3.8, 4) is 17.0 Å². The molecule has 1 aromatic carbocycles. The fourth-order valence-electron chi connectivity index (χ4n) is 1.52. The molecule has 0 spiro atoms. The van der Waals surface area contributed by atoms with Gasteiger partial charge in [-0.25, -0.2) is 9.78 Å². The molecule has 0 saturated carbocycles. The molecule has 0 fully saturated rings. The monoisotopic (exact) mass is 263 g/mol. The molecule has 2 rings (SSSR count). The molecular formula is C13H10ClNO3. The average molecular weight is 264 g/mol. The maximum Gasteiger partial charge on any atom is 0.360 e. The SMILES string of the molecule is COC(=O)c1nc(-c2ccccc2Cl)ccc1O. The Hall–Kier alpha value is -2.07. The molecule has 0 atom stereocenters. The second-order valence-electron chi connectivity index (χ2n) is 3.54. The number of aromatic hydroxyl groups is 1. The van der Waals surface area contributed by atoms with Crippen molar-refractivity contribution in [2.24, 2.45) is 0 Å². The number of hydrogen-bond donors (Lipinski definition) is 1. The van der Waals surface area contributed by atoms with E-state index in [1.807, 2.05) is 6.07 Å². The van der Waals surface area contributed by atoms with Crippen molar-refractivity contribution >= 4 is 17.6 Å². The van der Waals surface area contributed by atoms with E-state index in [4.69, 9.17) is 11.6 Å². The van der Waals surface area contributed by atoms with Crippen LogP contribution in [0.2, 0.25) is 5.02 Å². The van der Waals surface area contributed by atoms with Crippen LogP contribution in [-0.2, 0) is 4.74 Å². The highest BCUT2D eigenvalue weighted by Crippen LogP contribution is 2.28. The van der Waals surface area contributed by atoms with E-state index in [-0.39, 0.29) is 11.4 Å². The third kappa shape index (κ3) is 2.28. The van der Waals surface area contributed by atoms with Crippen molar-refractivity contribution in [3.63, 3.8) is 0 Å². The first-order valence-electron chi connectivity index (χ1n) is 5.16. The summed E-state index contributed by atoms with van der Waals surface area (Å²) in [7, 11) is 1.23. The first-order chi connectivity index (χ1) is 8.63. The van der Waals surface area contributed by atoms with Crippen molar-refractivity contribution in [3.05, 3.63) is 47.1 Å². The van der Waals surface area contributed by atoms with Gasteiger partial charge in [-0.2, -0.15) is 0 Å². The topological polar surface area (TPSA) is 59.4 Å². The van der Waals surface area contributed by atoms with Gasteiger partial charge in [0.1, 0.15) is 5.75 Å². The van der Waals surface area contributed by atoms with Crippen LogP contribution in [-0.4, -0.2) is 23.2 Å². The van der Waals surface area contributed by atoms with Crippen LogP contribution < -0.4 is 0 Å². The van der Waals surface area contributed by atoms with Crippen molar-refractivity contribution in [2.75, 3.05) is 7.11 Å². The summed E-state index contributed by atoms with van der Waals surface area (Å²) in [6, 6.07) is 10.1. The quantitative estimate of drug-likeness (QED) is 0.847. The Morgan fingerprint density at radius 3 is 2.67 bits per heavy atom. The molecule has 0 saturated heterocycles. The Labute approximate surface area is 109 Å². The van der Waals surface area contributed by atoms with Crippen molar-refractivity contribution < 1.29 is 14.6 Å². The number of aromatic nitrogens is 1. The van der Waals surface area contributed by atoms with Crippen LogP contribution in [0.25, 0.3) is 11.3 Å². The number of benzene rings is 1. The highest BCUT2D eigenvalue weighted by molar-refractivity contribution is 6.33. The van der Waals surface area contributed by atoms with Gasteiger partial charge in [0, 0.05) is 10.6 Å². The molecular weight excluding hydrogens is 254 g/mol. The van der Waals surface area contributed by atoms with Crippen LogP contribution >= 0.6 is 11.6 Å². The summed E-state index contributed by atoms with van der Waals surface area (Å²) in [5.41, 5.74) is 1.05. The molecule has 0 bridgehead atoms.